The lowest BCUT2D eigenvalue weighted by Gasteiger charge is -2.26. The Balaban J connectivity index is 1.77. The van der Waals surface area contributed by atoms with Crippen molar-refractivity contribution >= 4 is 15.7 Å². The van der Waals surface area contributed by atoms with Crippen molar-refractivity contribution in [1.29, 1.82) is 0 Å². The van der Waals surface area contributed by atoms with Crippen LogP contribution in [-0.2, 0) is 14.6 Å². The Hall–Kier alpha value is -0.620. The molecule has 1 amide bonds. The number of likely N-dealkylation sites (tertiary alicyclic amines) is 1. The van der Waals surface area contributed by atoms with Gasteiger partial charge in [0.2, 0.25) is 5.91 Å². The number of amides is 1. The summed E-state index contributed by atoms with van der Waals surface area (Å²) in [4.78, 5) is 14.3. The van der Waals surface area contributed by atoms with Crippen molar-refractivity contribution in [2.75, 3.05) is 31.6 Å². The van der Waals surface area contributed by atoms with Gasteiger partial charge in [-0.25, -0.2) is 8.42 Å². The number of nitrogens with one attached hydrogen (secondary N) is 1. The van der Waals surface area contributed by atoms with E-state index < -0.39 is 9.84 Å². The highest BCUT2D eigenvalue weighted by molar-refractivity contribution is 7.90. The minimum atomic E-state index is -2.96. The smallest absolute Gasteiger partial charge is 0.237 e. The molecule has 2 aliphatic rings. The molecule has 0 bridgehead atoms. The largest absolute Gasteiger partial charge is 0.354 e. The summed E-state index contributed by atoms with van der Waals surface area (Å²) < 4.78 is 22.5. The van der Waals surface area contributed by atoms with Gasteiger partial charge in [0.05, 0.1) is 11.8 Å². The van der Waals surface area contributed by atoms with Crippen molar-refractivity contribution in [2.45, 2.75) is 51.0 Å². The van der Waals surface area contributed by atoms with Gasteiger partial charge in [-0.3, -0.25) is 9.69 Å². The molecule has 122 valence electrons. The third-order valence-corrected chi connectivity index (χ3v) is 5.63. The quantitative estimate of drug-likeness (QED) is 0.799. The van der Waals surface area contributed by atoms with Gasteiger partial charge in [0.1, 0.15) is 9.84 Å². The number of hydrogen-bond donors (Lipinski definition) is 1. The Kier molecular flexibility index (Phi) is 6.05. The fraction of sp³-hybridized carbons (Fsp3) is 0.933. The fourth-order valence-electron chi connectivity index (χ4n) is 3.43. The summed E-state index contributed by atoms with van der Waals surface area (Å²) >= 11 is 0. The second-order valence-corrected chi connectivity index (χ2v) is 8.83. The molecule has 1 saturated heterocycles. The minimum Gasteiger partial charge on any atom is -0.354 e. The highest BCUT2D eigenvalue weighted by atomic mass is 32.2. The molecular weight excluding hydrogens is 288 g/mol. The van der Waals surface area contributed by atoms with Gasteiger partial charge in [0.25, 0.3) is 0 Å². The van der Waals surface area contributed by atoms with Crippen LogP contribution in [0.4, 0.5) is 0 Å². The van der Waals surface area contributed by atoms with Crippen LogP contribution in [0.2, 0.25) is 0 Å². The van der Waals surface area contributed by atoms with Crippen LogP contribution in [0, 0.1) is 5.92 Å². The first-order valence-corrected chi connectivity index (χ1v) is 10.2. The number of nitrogens with zero attached hydrogens (tertiary/aromatic N) is 1. The van der Waals surface area contributed by atoms with E-state index in [0.29, 0.717) is 12.5 Å². The molecule has 0 aromatic rings. The van der Waals surface area contributed by atoms with Crippen LogP contribution in [0.15, 0.2) is 0 Å². The van der Waals surface area contributed by atoms with E-state index in [-0.39, 0.29) is 17.7 Å². The first kappa shape index (κ1) is 16.7. The van der Waals surface area contributed by atoms with E-state index in [1.165, 1.54) is 38.4 Å². The van der Waals surface area contributed by atoms with Crippen LogP contribution in [-0.4, -0.2) is 56.9 Å². The van der Waals surface area contributed by atoms with Crippen LogP contribution in [0.1, 0.15) is 44.9 Å². The number of sulfone groups is 1. The van der Waals surface area contributed by atoms with E-state index in [1.54, 1.807) is 0 Å². The average Bonchev–Trinajstić information content (AvgIpc) is 2.91. The van der Waals surface area contributed by atoms with Crippen molar-refractivity contribution in [1.82, 2.24) is 10.2 Å². The topological polar surface area (TPSA) is 66.5 Å². The molecule has 0 aromatic heterocycles. The summed E-state index contributed by atoms with van der Waals surface area (Å²) in [7, 11) is -2.96. The highest BCUT2D eigenvalue weighted by Crippen LogP contribution is 2.23. The molecule has 1 aliphatic carbocycles. The third-order valence-electron chi connectivity index (χ3n) is 4.71. The van der Waals surface area contributed by atoms with E-state index in [9.17, 15) is 13.2 Å². The van der Waals surface area contributed by atoms with E-state index in [0.717, 1.165) is 25.9 Å². The first-order valence-electron chi connectivity index (χ1n) is 8.15. The summed E-state index contributed by atoms with van der Waals surface area (Å²) in [5.41, 5.74) is 0. The molecule has 21 heavy (non-hydrogen) atoms. The van der Waals surface area contributed by atoms with Crippen LogP contribution in [0.5, 0.6) is 0 Å². The van der Waals surface area contributed by atoms with Gasteiger partial charge < -0.3 is 5.32 Å². The van der Waals surface area contributed by atoms with Gasteiger partial charge in [-0.05, 0) is 38.1 Å². The van der Waals surface area contributed by atoms with Crippen LogP contribution >= 0.6 is 0 Å². The molecule has 2 fully saturated rings. The molecule has 1 saturated carbocycles. The molecular formula is C15H28N2O3S. The number of rotatable bonds is 6. The van der Waals surface area contributed by atoms with Crippen molar-refractivity contribution in [3.8, 4) is 0 Å². The van der Waals surface area contributed by atoms with Crippen molar-refractivity contribution in [2.24, 2.45) is 5.92 Å². The zero-order chi connectivity index (χ0) is 15.3. The molecule has 1 heterocycles. The predicted molar refractivity (Wildman–Crippen MR) is 83.9 cm³/mol. The SMILES string of the molecule is CS(=O)(=O)CCN1CCC[C@@H]1C(=O)NCC1CCCCC1. The lowest BCUT2D eigenvalue weighted by atomic mass is 9.89. The molecule has 0 radical (unpaired) electrons. The molecule has 0 unspecified atom stereocenters. The second-order valence-electron chi connectivity index (χ2n) is 6.57. The average molecular weight is 316 g/mol. The summed E-state index contributed by atoms with van der Waals surface area (Å²) in [6, 6.07) is -0.129. The summed E-state index contributed by atoms with van der Waals surface area (Å²) in [5, 5.41) is 3.09. The van der Waals surface area contributed by atoms with Gasteiger partial charge in [-0.1, -0.05) is 19.3 Å². The Labute approximate surface area is 128 Å². The van der Waals surface area contributed by atoms with Gasteiger partial charge in [0, 0.05) is 19.3 Å². The van der Waals surface area contributed by atoms with Crippen LogP contribution in [0.25, 0.3) is 0 Å². The maximum Gasteiger partial charge on any atom is 0.237 e. The lowest BCUT2D eigenvalue weighted by Crippen LogP contribution is -2.46. The zero-order valence-electron chi connectivity index (χ0n) is 13.0. The summed E-state index contributed by atoms with van der Waals surface area (Å²) in [5.74, 6) is 0.861. The summed E-state index contributed by atoms with van der Waals surface area (Å²) in [6.07, 6.45) is 9.42. The van der Waals surface area contributed by atoms with Crippen molar-refractivity contribution in [3.63, 3.8) is 0 Å². The van der Waals surface area contributed by atoms with E-state index in [2.05, 4.69) is 5.32 Å². The van der Waals surface area contributed by atoms with Gasteiger partial charge in [0.15, 0.2) is 0 Å². The maximum absolute atomic E-state index is 12.3. The Morgan fingerprint density at radius 3 is 2.52 bits per heavy atom. The number of carbonyl (C=O) groups excluding carboxylic acids is 1. The third kappa shape index (κ3) is 5.58. The molecule has 0 spiro atoms. The molecule has 1 N–H and O–H groups in total. The zero-order valence-corrected chi connectivity index (χ0v) is 13.8. The fourth-order valence-corrected chi connectivity index (χ4v) is 3.99. The van der Waals surface area contributed by atoms with E-state index >= 15 is 0 Å². The van der Waals surface area contributed by atoms with E-state index in [4.69, 9.17) is 0 Å². The Morgan fingerprint density at radius 1 is 1.14 bits per heavy atom. The molecule has 6 heteroatoms. The summed E-state index contributed by atoms with van der Waals surface area (Å²) in [6.45, 7) is 2.09. The standard InChI is InChI=1S/C15H28N2O3S/c1-21(19,20)11-10-17-9-5-8-14(17)15(18)16-12-13-6-3-2-4-7-13/h13-14H,2-12H2,1H3,(H,16,18)/t14-/m1/s1. The minimum absolute atomic E-state index is 0.0894. The van der Waals surface area contributed by atoms with Gasteiger partial charge in [-0.15, -0.1) is 0 Å². The van der Waals surface area contributed by atoms with Crippen molar-refractivity contribution in [3.05, 3.63) is 0 Å². The van der Waals surface area contributed by atoms with Crippen molar-refractivity contribution < 1.29 is 13.2 Å². The second kappa shape index (κ2) is 7.58. The molecule has 2 rings (SSSR count). The highest BCUT2D eigenvalue weighted by Gasteiger charge is 2.31. The van der Waals surface area contributed by atoms with Crippen LogP contribution < -0.4 is 5.32 Å². The van der Waals surface area contributed by atoms with Crippen LogP contribution in [0.3, 0.4) is 0 Å². The van der Waals surface area contributed by atoms with Gasteiger partial charge >= 0.3 is 0 Å². The molecule has 1 atom stereocenters. The Morgan fingerprint density at radius 2 is 1.86 bits per heavy atom. The monoisotopic (exact) mass is 316 g/mol. The number of hydrogen-bond acceptors (Lipinski definition) is 4. The molecule has 5 nitrogen and oxygen atoms in total. The number of carbonyl (C=O) groups is 1. The molecule has 0 aromatic carbocycles. The first-order chi connectivity index (χ1) is 9.96. The Bertz CT molecular complexity index is 444. The maximum atomic E-state index is 12.3. The predicted octanol–water partition coefficient (Wildman–Crippen LogP) is 1.19. The lowest BCUT2D eigenvalue weighted by molar-refractivity contribution is -0.125. The van der Waals surface area contributed by atoms with E-state index in [1.807, 2.05) is 4.90 Å². The normalized spacial score (nSPS) is 25.1. The molecule has 1 aliphatic heterocycles. The van der Waals surface area contributed by atoms with Gasteiger partial charge in [-0.2, -0.15) is 0 Å².